The maximum absolute atomic E-state index is 11.8. The molecule has 1 heterocycles. The number of likely N-dealkylation sites (N-methyl/N-ethyl adjacent to an activating group) is 1. The molecule has 0 spiro atoms. The topological polar surface area (TPSA) is 59.8 Å². The second-order valence-corrected chi connectivity index (χ2v) is 3.14. The molecule has 16 heavy (non-hydrogen) atoms. The molecule has 0 N–H and O–H groups in total. The Morgan fingerprint density at radius 3 is 2.69 bits per heavy atom. The van der Waals surface area contributed by atoms with E-state index in [0.29, 0.717) is 18.7 Å². The minimum Gasteiger partial charge on any atom is -0.472 e. The lowest BCUT2D eigenvalue weighted by molar-refractivity contribution is -0.143. The van der Waals surface area contributed by atoms with Crippen molar-refractivity contribution < 1.29 is 18.7 Å². The second kappa shape index (κ2) is 5.95. The fraction of sp³-hybridized carbons (Fsp3) is 0.455. The molecule has 0 saturated heterocycles. The van der Waals surface area contributed by atoms with Crippen LogP contribution in [0.3, 0.4) is 0 Å². The summed E-state index contributed by atoms with van der Waals surface area (Å²) >= 11 is 0. The lowest BCUT2D eigenvalue weighted by Crippen LogP contribution is -2.36. The second-order valence-electron chi connectivity index (χ2n) is 3.14. The number of esters is 1. The van der Waals surface area contributed by atoms with Gasteiger partial charge in [-0.2, -0.15) is 0 Å². The van der Waals surface area contributed by atoms with Gasteiger partial charge in [-0.15, -0.1) is 0 Å². The number of rotatable bonds is 5. The highest BCUT2D eigenvalue weighted by molar-refractivity contribution is 5.95. The van der Waals surface area contributed by atoms with Crippen LogP contribution in [0, 0.1) is 0 Å². The van der Waals surface area contributed by atoms with Crippen molar-refractivity contribution in [1.29, 1.82) is 0 Å². The van der Waals surface area contributed by atoms with Gasteiger partial charge < -0.3 is 14.1 Å². The van der Waals surface area contributed by atoms with Gasteiger partial charge in [0.1, 0.15) is 12.8 Å². The normalized spacial score (nSPS) is 9.88. The van der Waals surface area contributed by atoms with E-state index in [2.05, 4.69) is 0 Å². The van der Waals surface area contributed by atoms with Gasteiger partial charge >= 0.3 is 5.97 Å². The molecule has 1 aromatic heterocycles. The third-order valence-corrected chi connectivity index (χ3v) is 2.06. The number of hydrogen-bond donors (Lipinski definition) is 0. The zero-order chi connectivity index (χ0) is 12.0. The maximum atomic E-state index is 11.8. The predicted octanol–water partition coefficient (Wildman–Crippen LogP) is 1.30. The summed E-state index contributed by atoms with van der Waals surface area (Å²) < 4.78 is 9.60. The van der Waals surface area contributed by atoms with Gasteiger partial charge in [-0.3, -0.25) is 9.59 Å². The Balaban J connectivity index is 2.61. The Kier molecular flexibility index (Phi) is 4.57. The Hall–Kier alpha value is -1.78. The number of furan rings is 1. The molecule has 0 aliphatic heterocycles. The quantitative estimate of drug-likeness (QED) is 0.709. The Bertz CT molecular complexity index is 345. The van der Waals surface area contributed by atoms with Crippen LogP contribution in [-0.2, 0) is 9.53 Å². The van der Waals surface area contributed by atoms with E-state index in [9.17, 15) is 9.59 Å². The van der Waals surface area contributed by atoms with Gasteiger partial charge in [-0.05, 0) is 19.9 Å². The van der Waals surface area contributed by atoms with Gasteiger partial charge in [-0.1, -0.05) is 0 Å². The van der Waals surface area contributed by atoms with Crippen molar-refractivity contribution in [3.8, 4) is 0 Å². The molecule has 1 amide bonds. The molecule has 0 aromatic carbocycles. The van der Waals surface area contributed by atoms with Crippen molar-refractivity contribution in [2.45, 2.75) is 13.8 Å². The third kappa shape index (κ3) is 3.12. The maximum Gasteiger partial charge on any atom is 0.325 e. The van der Waals surface area contributed by atoms with Crippen molar-refractivity contribution in [2.75, 3.05) is 19.7 Å². The summed E-state index contributed by atoms with van der Waals surface area (Å²) in [5, 5.41) is 0. The Morgan fingerprint density at radius 2 is 2.19 bits per heavy atom. The van der Waals surface area contributed by atoms with Crippen molar-refractivity contribution in [3.63, 3.8) is 0 Å². The summed E-state index contributed by atoms with van der Waals surface area (Å²) in [6.07, 6.45) is 2.78. The van der Waals surface area contributed by atoms with Crippen LogP contribution in [-0.4, -0.2) is 36.5 Å². The van der Waals surface area contributed by atoms with Crippen LogP contribution >= 0.6 is 0 Å². The molecule has 0 bridgehead atoms. The van der Waals surface area contributed by atoms with E-state index < -0.39 is 5.97 Å². The molecule has 5 heteroatoms. The van der Waals surface area contributed by atoms with Crippen LogP contribution in [0.2, 0.25) is 0 Å². The van der Waals surface area contributed by atoms with E-state index >= 15 is 0 Å². The summed E-state index contributed by atoms with van der Waals surface area (Å²) in [6.45, 7) is 4.26. The molecule has 1 rings (SSSR count). The molecule has 0 unspecified atom stereocenters. The van der Waals surface area contributed by atoms with Crippen LogP contribution in [0.15, 0.2) is 23.0 Å². The van der Waals surface area contributed by atoms with Crippen LogP contribution in [0.4, 0.5) is 0 Å². The Labute approximate surface area is 94.0 Å². The standard InChI is InChI=1S/C11H15NO4/c1-3-12(7-10(13)16-4-2)11(14)9-5-6-15-8-9/h5-6,8H,3-4,7H2,1-2H3. The lowest BCUT2D eigenvalue weighted by Gasteiger charge is -2.18. The molecule has 5 nitrogen and oxygen atoms in total. The van der Waals surface area contributed by atoms with Gasteiger partial charge in [-0.25, -0.2) is 0 Å². The summed E-state index contributed by atoms with van der Waals surface area (Å²) in [5.41, 5.74) is 0.436. The number of carbonyl (C=O) groups is 2. The first-order valence-corrected chi connectivity index (χ1v) is 5.16. The molecular formula is C11H15NO4. The molecule has 0 aliphatic carbocycles. The number of nitrogens with zero attached hydrogens (tertiary/aromatic N) is 1. The van der Waals surface area contributed by atoms with E-state index in [4.69, 9.17) is 9.15 Å². The van der Waals surface area contributed by atoms with E-state index in [1.807, 2.05) is 0 Å². The SMILES string of the molecule is CCOC(=O)CN(CC)C(=O)c1ccoc1. The third-order valence-electron chi connectivity index (χ3n) is 2.06. The number of amides is 1. The molecular weight excluding hydrogens is 210 g/mol. The average molecular weight is 225 g/mol. The van der Waals surface area contributed by atoms with E-state index in [0.717, 1.165) is 0 Å². The number of carbonyl (C=O) groups excluding carboxylic acids is 2. The molecule has 88 valence electrons. The van der Waals surface area contributed by atoms with Gasteiger partial charge in [0, 0.05) is 6.54 Å². The zero-order valence-electron chi connectivity index (χ0n) is 9.43. The van der Waals surface area contributed by atoms with Crippen LogP contribution < -0.4 is 0 Å². The van der Waals surface area contributed by atoms with Gasteiger partial charge in [0.15, 0.2) is 0 Å². The Morgan fingerprint density at radius 1 is 1.44 bits per heavy atom. The van der Waals surface area contributed by atoms with E-state index in [-0.39, 0.29) is 12.5 Å². The first kappa shape index (κ1) is 12.3. The highest BCUT2D eigenvalue weighted by Gasteiger charge is 2.18. The van der Waals surface area contributed by atoms with Crippen molar-refractivity contribution in [1.82, 2.24) is 4.90 Å². The average Bonchev–Trinajstić information content (AvgIpc) is 2.78. The zero-order valence-corrected chi connectivity index (χ0v) is 9.43. The minimum absolute atomic E-state index is 0.0334. The molecule has 0 radical (unpaired) electrons. The summed E-state index contributed by atoms with van der Waals surface area (Å²) in [6, 6.07) is 1.57. The summed E-state index contributed by atoms with van der Waals surface area (Å²) in [5.74, 6) is -0.634. The van der Waals surface area contributed by atoms with Crippen LogP contribution in [0.1, 0.15) is 24.2 Å². The fourth-order valence-corrected chi connectivity index (χ4v) is 1.26. The van der Waals surface area contributed by atoms with Crippen molar-refractivity contribution in [3.05, 3.63) is 24.2 Å². The molecule has 0 saturated carbocycles. The first-order chi connectivity index (χ1) is 7.69. The largest absolute Gasteiger partial charge is 0.472 e. The first-order valence-electron chi connectivity index (χ1n) is 5.16. The minimum atomic E-state index is -0.402. The van der Waals surface area contributed by atoms with Crippen LogP contribution in [0.25, 0.3) is 0 Å². The van der Waals surface area contributed by atoms with Crippen molar-refractivity contribution >= 4 is 11.9 Å². The molecule has 0 fully saturated rings. The van der Waals surface area contributed by atoms with Crippen LogP contribution in [0.5, 0.6) is 0 Å². The van der Waals surface area contributed by atoms with Crippen molar-refractivity contribution in [2.24, 2.45) is 0 Å². The monoisotopic (exact) mass is 225 g/mol. The van der Waals surface area contributed by atoms with Gasteiger partial charge in [0.2, 0.25) is 0 Å². The number of hydrogen-bond acceptors (Lipinski definition) is 4. The highest BCUT2D eigenvalue weighted by Crippen LogP contribution is 2.05. The molecule has 0 aliphatic rings. The lowest BCUT2D eigenvalue weighted by atomic mass is 10.3. The fourth-order valence-electron chi connectivity index (χ4n) is 1.26. The highest BCUT2D eigenvalue weighted by atomic mass is 16.5. The summed E-state index contributed by atoms with van der Waals surface area (Å²) in [7, 11) is 0. The summed E-state index contributed by atoms with van der Waals surface area (Å²) in [4.78, 5) is 24.5. The van der Waals surface area contributed by atoms with Gasteiger partial charge in [0.25, 0.3) is 5.91 Å². The van der Waals surface area contributed by atoms with E-state index in [1.54, 1.807) is 19.9 Å². The smallest absolute Gasteiger partial charge is 0.325 e. The van der Waals surface area contributed by atoms with Gasteiger partial charge in [0.05, 0.1) is 18.4 Å². The number of ether oxygens (including phenoxy) is 1. The molecule has 0 atom stereocenters. The predicted molar refractivity (Wildman–Crippen MR) is 56.9 cm³/mol. The molecule has 1 aromatic rings. The van der Waals surface area contributed by atoms with E-state index in [1.165, 1.54) is 17.4 Å².